The lowest BCUT2D eigenvalue weighted by atomic mass is 10.2. The highest BCUT2D eigenvalue weighted by molar-refractivity contribution is 5.93. The third-order valence-corrected chi connectivity index (χ3v) is 3.85. The molecule has 0 heterocycles. The van der Waals surface area contributed by atoms with Crippen LogP contribution in [0.5, 0.6) is 5.75 Å². The molecule has 0 aromatic heterocycles. The number of carboxylic acid groups (broad SMARTS) is 1. The van der Waals surface area contributed by atoms with Crippen LogP contribution in [-0.2, 0) is 9.59 Å². The quantitative estimate of drug-likeness (QED) is 0.505. The van der Waals surface area contributed by atoms with E-state index in [2.05, 4.69) is 10.6 Å². The van der Waals surface area contributed by atoms with Gasteiger partial charge in [0.2, 0.25) is 5.91 Å². The first-order valence-electron chi connectivity index (χ1n) is 8.46. The molecule has 2 rings (SSSR count). The lowest BCUT2D eigenvalue weighted by Gasteiger charge is -2.17. The van der Waals surface area contributed by atoms with E-state index in [1.165, 1.54) is 29.6 Å². The summed E-state index contributed by atoms with van der Waals surface area (Å²) in [6, 6.07) is 11.6. The van der Waals surface area contributed by atoms with Crippen molar-refractivity contribution in [3.63, 3.8) is 0 Å². The Labute approximate surface area is 156 Å². The van der Waals surface area contributed by atoms with Crippen LogP contribution in [0.3, 0.4) is 0 Å². The van der Waals surface area contributed by atoms with E-state index in [9.17, 15) is 19.1 Å². The molecule has 0 saturated carbocycles. The summed E-state index contributed by atoms with van der Waals surface area (Å²) in [5, 5.41) is 18.5. The molecule has 144 valence electrons. The van der Waals surface area contributed by atoms with Crippen LogP contribution in [0.25, 0.3) is 0 Å². The number of methoxy groups -OCH3 is 1. The number of amides is 1. The van der Waals surface area contributed by atoms with Gasteiger partial charge in [-0.05, 0) is 36.4 Å². The average molecular weight is 375 g/mol. The molecule has 0 spiro atoms. The van der Waals surface area contributed by atoms with E-state index in [4.69, 9.17) is 4.74 Å². The van der Waals surface area contributed by atoms with Crippen molar-refractivity contribution in [2.75, 3.05) is 30.8 Å². The Morgan fingerprint density at radius 1 is 1.19 bits per heavy atom. The topological polar surface area (TPSA) is 107 Å². The summed E-state index contributed by atoms with van der Waals surface area (Å²) >= 11 is 0. The fraction of sp³-hybridized carbons (Fsp3) is 0.263. The largest absolute Gasteiger partial charge is 0.544 e. The van der Waals surface area contributed by atoms with Crippen molar-refractivity contribution in [1.82, 2.24) is 0 Å². The molecule has 0 aliphatic rings. The van der Waals surface area contributed by atoms with Crippen LogP contribution in [0.2, 0.25) is 0 Å². The van der Waals surface area contributed by atoms with Crippen LogP contribution >= 0.6 is 0 Å². The van der Waals surface area contributed by atoms with Crippen LogP contribution in [0.15, 0.2) is 48.5 Å². The van der Waals surface area contributed by atoms with Gasteiger partial charge in [-0.1, -0.05) is 12.1 Å². The number of carboxylic acids is 1. The number of carbonyl (C=O) groups is 2. The van der Waals surface area contributed by atoms with E-state index < -0.39 is 23.7 Å². The zero-order valence-corrected chi connectivity index (χ0v) is 14.9. The summed E-state index contributed by atoms with van der Waals surface area (Å²) in [5.41, 5.74) is 1.20. The molecule has 0 aliphatic heterocycles. The third kappa shape index (κ3) is 6.59. The van der Waals surface area contributed by atoms with Crippen molar-refractivity contribution < 1.29 is 29.1 Å². The number of halogens is 1. The molecule has 0 unspecified atom stereocenters. The summed E-state index contributed by atoms with van der Waals surface area (Å²) in [5.74, 6) is -1.53. The number of carbonyl (C=O) groups excluding carboxylic acids is 2. The molecule has 1 atom stereocenters. The third-order valence-electron chi connectivity index (χ3n) is 3.85. The Morgan fingerprint density at radius 3 is 2.56 bits per heavy atom. The van der Waals surface area contributed by atoms with Crippen LogP contribution < -0.4 is 25.8 Å². The fourth-order valence-corrected chi connectivity index (χ4v) is 2.49. The number of benzene rings is 2. The van der Waals surface area contributed by atoms with Crippen LogP contribution in [0.4, 0.5) is 15.8 Å². The number of rotatable bonds is 10. The molecule has 0 bridgehead atoms. The Hall–Kier alpha value is -3.13. The fourth-order valence-electron chi connectivity index (χ4n) is 2.49. The second-order valence-corrected chi connectivity index (χ2v) is 5.84. The number of nitrogens with one attached hydrogen (secondary N) is 2. The first-order chi connectivity index (χ1) is 13.0. The van der Waals surface area contributed by atoms with Crippen molar-refractivity contribution in [2.24, 2.45) is 0 Å². The molecular weight excluding hydrogens is 353 g/mol. The van der Waals surface area contributed by atoms with Crippen molar-refractivity contribution in [3.05, 3.63) is 54.3 Å². The van der Waals surface area contributed by atoms with E-state index in [-0.39, 0.29) is 6.42 Å². The van der Waals surface area contributed by atoms with Gasteiger partial charge in [0.05, 0.1) is 38.3 Å². The molecule has 0 radical (unpaired) electrons. The minimum absolute atomic E-state index is 0.256. The Morgan fingerprint density at radius 2 is 1.89 bits per heavy atom. The number of quaternary nitrogens is 1. The molecule has 27 heavy (non-hydrogen) atoms. The maximum atomic E-state index is 12.9. The van der Waals surface area contributed by atoms with Gasteiger partial charge in [0.15, 0.2) is 0 Å². The van der Waals surface area contributed by atoms with Crippen molar-refractivity contribution in [2.45, 2.75) is 12.5 Å². The standard InChI is InChI=1S/C19H22FN3O4/c1-27-17-5-3-2-4-15(17)21-10-11-22-16(19(25)26)12-18(24)23-14-8-6-13(20)7-9-14/h2-9,16,21-22H,10-12H2,1H3,(H,23,24)(H,25,26)/t16-/m0/s1. The van der Waals surface area contributed by atoms with Crippen molar-refractivity contribution >= 4 is 23.3 Å². The Kier molecular flexibility index (Phi) is 7.57. The number of para-hydroxylation sites is 2. The maximum Gasteiger partial charge on any atom is 0.230 e. The maximum absolute atomic E-state index is 12.9. The van der Waals surface area contributed by atoms with Gasteiger partial charge in [-0.2, -0.15) is 0 Å². The number of hydrogen-bond donors (Lipinski definition) is 3. The van der Waals surface area contributed by atoms with E-state index >= 15 is 0 Å². The minimum atomic E-state index is -1.32. The van der Waals surface area contributed by atoms with Crippen molar-refractivity contribution in [1.29, 1.82) is 0 Å². The minimum Gasteiger partial charge on any atom is -0.544 e. The summed E-state index contributed by atoms with van der Waals surface area (Å²) < 4.78 is 18.1. The SMILES string of the molecule is COc1ccccc1NCC[NH2+][C@@H](CC(=O)Nc1ccc(F)cc1)C(=O)[O-]. The van der Waals surface area contributed by atoms with E-state index in [0.29, 0.717) is 24.5 Å². The lowest BCUT2D eigenvalue weighted by molar-refractivity contribution is -0.680. The Balaban J connectivity index is 1.80. The number of nitrogens with two attached hydrogens (primary N) is 1. The highest BCUT2D eigenvalue weighted by Gasteiger charge is 2.18. The van der Waals surface area contributed by atoms with E-state index in [1.54, 1.807) is 7.11 Å². The van der Waals surface area contributed by atoms with E-state index in [0.717, 1.165) is 5.69 Å². The molecule has 0 fully saturated rings. The molecule has 4 N–H and O–H groups in total. The summed E-state index contributed by atoms with van der Waals surface area (Å²) in [6.45, 7) is 0.893. The molecule has 1 amide bonds. The molecule has 7 nitrogen and oxygen atoms in total. The van der Waals surface area contributed by atoms with Gasteiger partial charge in [-0.25, -0.2) is 4.39 Å². The monoisotopic (exact) mass is 375 g/mol. The van der Waals surface area contributed by atoms with Gasteiger partial charge < -0.3 is 30.6 Å². The molecule has 0 saturated heterocycles. The zero-order chi connectivity index (χ0) is 19.6. The number of aliphatic carboxylic acids is 1. The summed E-state index contributed by atoms with van der Waals surface area (Å²) in [4.78, 5) is 23.3. The molecular formula is C19H22FN3O4. The highest BCUT2D eigenvalue weighted by Crippen LogP contribution is 2.22. The predicted octanol–water partition coefficient (Wildman–Crippen LogP) is -0.0431. The second-order valence-electron chi connectivity index (χ2n) is 5.84. The van der Waals surface area contributed by atoms with Gasteiger partial charge in [0.1, 0.15) is 17.6 Å². The molecule has 2 aromatic carbocycles. The van der Waals surface area contributed by atoms with Crippen LogP contribution in [-0.4, -0.2) is 38.1 Å². The van der Waals surface area contributed by atoms with Gasteiger partial charge in [-0.3, -0.25) is 4.79 Å². The van der Waals surface area contributed by atoms with Crippen molar-refractivity contribution in [3.8, 4) is 5.75 Å². The van der Waals surface area contributed by atoms with Gasteiger partial charge in [0.25, 0.3) is 0 Å². The number of hydrogen-bond acceptors (Lipinski definition) is 5. The van der Waals surface area contributed by atoms with Gasteiger partial charge in [0, 0.05) is 5.69 Å². The number of ether oxygens (including phenoxy) is 1. The first-order valence-corrected chi connectivity index (χ1v) is 8.46. The molecule has 0 aliphatic carbocycles. The first kappa shape index (κ1) is 20.2. The summed E-state index contributed by atoms with van der Waals surface area (Å²) in [7, 11) is 1.57. The smallest absolute Gasteiger partial charge is 0.230 e. The van der Waals surface area contributed by atoms with Gasteiger partial charge in [-0.15, -0.1) is 0 Å². The predicted molar refractivity (Wildman–Crippen MR) is 96.7 cm³/mol. The highest BCUT2D eigenvalue weighted by atomic mass is 19.1. The lowest BCUT2D eigenvalue weighted by Crippen LogP contribution is -2.94. The molecule has 8 heteroatoms. The normalized spacial score (nSPS) is 11.5. The second kappa shape index (κ2) is 10.1. The Bertz CT molecular complexity index is 768. The summed E-state index contributed by atoms with van der Waals surface area (Å²) in [6.07, 6.45) is -0.256. The number of anilines is 2. The van der Waals surface area contributed by atoms with E-state index in [1.807, 2.05) is 24.3 Å². The zero-order valence-electron chi connectivity index (χ0n) is 14.9. The van der Waals surface area contributed by atoms with Crippen LogP contribution in [0.1, 0.15) is 6.42 Å². The average Bonchev–Trinajstić information content (AvgIpc) is 2.66. The van der Waals surface area contributed by atoms with Gasteiger partial charge >= 0.3 is 0 Å². The van der Waals surface area contributed by atoms with Crippen LogP contribution in [0, 0.1) is 5.82 Å². The molecule has 2 aromatic rings.